The minimum atomic E-state index is -0.511. The number of aromatic nitrogens is 2. The molecule has 2 rings (SSSR count). The smallest absolute Gasteiger partial charge is 0.283 e. The summed E-state index contributed by atoms with van der Waals surface area (Å²) in [5.74, 6) is 9.08. The van der Waals surface area contributed by atoms with Gasteiger partial charge in [-0.15, -0.1) is 0 Å². The van der Waals surface area contributed by atoms with Crippen LogP contribution in [0.2, 0.25) is 0 Å². The van der Waals surface area contributed by atoms with E-state index >= 15 is 0 Å². The summed E-state index contributed by atoms with van der Waals surface area (Å²) in [7, 11) is 0. The molecule has 0 aliphatic heterocycles. The molecule has 8 nitrogen and oxygen atoms in total. The molecule has 0 aromatic carbocycles. The second kappa shape index (κ2) is 5.87. The van der Waals surface area contributed by atoms with E-state index in [9.17, 15) is 9.59 Å². The van der Waals surface area contributed by atoms with Crippen LogP contribution in [0.5, 0.6) is 0 Å². The lowest BCUT2D eigenvalue weighted by molar-refractivity contribution is 0.0940. The maximum Gasteiger partial charge on any atom is 0.283 e. The first-order valence-corrected chi connectivity index (χ1v) is 5.62. The minimum Gasteiger partial charge on any atom is -0.289 e. The van der Waals surface area contributed by atoms with Crippen LogP contribution < -0.4 is 22.5 Å². The van der Waals surface area contributed by atoms with Crippen molar-refractivity contribution in [2.24, 2.45) is 11.7 Å². The van der Waals surface area contributed by atoms with Gasteiger partial charge in [0.2, 0.25) is 0 Å². The number of nitrogen functional groups attached to an aromatic ring is 2. The average Bonchev–Trinajstić information content (AvgIpc) is 2.53. The molecule has 2 amide bonds. The highest BCUT2D eigenvalue weighted by Gasteiger charge is 2.10. The van der Waals surface area contributed by atoms with E-state index in [2.05, 4.69) is 9.97 Å². The fourth-order valence-corrected chi connectivity index (χ4v) is 1.56. The first kappa shape index (κ1) is 13.6. The Morgan fingerprint density at radius 3 is 1.55 bits per heavy atom. The lowest BCUT2D eigenvalue weighted by Gasteiger charge is -2.05. The van der Waals surface area contributed by atoms with Crippen LogP contribution >= 0.6 is 0 Å². The first-order chi connectivity index (χ1) is 9.65. The summed E-state index contributed by atoms with van der Waals surface area (Å²) in [5, 5.41) is 0. The first-order valence-electron chi connectivity index (χ1n) is 5.62. The molecule has 0 fully saturated rings. The van der Waals surface area contributed by atoms with E-state index in [0.29, 0.717) is 11.4 Å². The molecule has 0 atom stereocenters. The van der Waals surface area contributed by atoms with Crippen LogP contribution in [-0.4, -0.2) is 21.8 Å². The highest BCUT2D eigenvalue weighted by Crippen LogP contribution is 2.15. The third-order valence-electron chi connectivity index (χ3n) is 2.49. The van der Waals surface area contributed by atoms with Gasteiger partial charge in [0.15, 0.2) is 0 Å². The van der Waals surface area contributed by atoms with Gasteiger partial charge < -0.3 is 0 Å². The molecule has 8 heteroatoms. The SMILES string of the molecule is NNC(=O)c1cccc(-c2cccc(C(=O)NN)n2)n1. The number of hydrazine groups is 2. The zero-order chi connectivity index (χ0) is 14.5. The average molecular weight is 272 g/mol. The van der Waals surface area contributed by atoms with Gasteiger partial charge in [-0.1, -0.05) is 12.1 Å². The van der Waals surface area contributed by atoms with Crippen molar-refractivity contribution in [1.29, 1.82) is 0 Å². The van der Waals surface area contributed by atoms with Gasteiger partial charge in [0, 0.05) is 0 Å². The summed E-state index contributed by atoms with van der Waals surface area (Å²) in [5.41, 5.74) is 5.18. The Bertz CT molecular complexity index is 600. The Morgan fingerprint density at radius 2 is 1.20 bits per heavy atom. The van der Waals surface area contributed by atoms with Crippen LogP contribution in [0.25, 0.3) is 11.4 Å². The molecule has 20 heavy (non-hydrogen) atoms. The van der Waals surface area contributed by atoms with Gasteiger partial charge >= 0.3 is 0 Å². The van der Waals surface area contributed by atoms with E-state index in [4.69, 9.17) is 11.7 Å². The Labute approximate surface area is 114 Å². The molecule has 0 aliphatic carbocycles. The fraction of sp³-hybridized carbons (Fsp3) is 0. The van der Waals surface area contributed by atoms with E-state index in [1.807, 2.05) is 10.9 Å². The van der Waals surface area contributed by atoms with Crippen molar-refractivity contribution in [3.05, 3.63) is 47.8 Å². The van der Waals surface area contributed by atoms with E-state index in [0.717, 1.165) is 0 Å². The Kier molecular flexibility index (Phi) is 3.99. The summed E-state index contributed by atoms with van der Waals surface area (Å²) < 4.78 is 0. The highest BCUT2D eigenvalue weighted by atomic mass is 16.2. The summed E-state index contributed by atoms with van der Waals surface area (Å²) in [6.07, 6.45) is 0. The number of hydrogen-bond donors (Lipinski definition) is 4. The standard InChI is InChI=1S/C12H12N6O2/c13-17-11(19)9-5-1-3-7(15-9)8-4-2-6-10(16-8)12(20)18-14/h1-6H,13-14H2,(H,17,19)(H,18,20). The van der Waals surface area contributed by atoms with Crippen LogP contribution in [0, 0.1) is 0 Å². The molecule has 0 spiro atoms. The third-order valence-corrected chi connectivity index (χ3v) is 2.49. The monoisotopic (exact) mass is 272 g/mol. The quantitative estimate of drug-likeness (QED) is 0.333. The highest BCUT2D eigenvalue weighted by molar-refractivity contribution is 5.93. The molecule has 2 aromatic heterocycles. The molecule has 0 unspecified atom stereocenters. The van der Waals surface area contributed by atoms with E-state index in [1.54, 1.807) is 24.3 Å². The largest absolute Gasteiger partial charge is 0.289 e. The second-order valence-corrected chi connectivity index (χ2v) is 3.76. The van der Waals surface area contributed by atoms with Crippen molar-refractivity contribution in [3.8, 4) is 11.4 Å². The second-order valence-electron chi connectivity index (χ2n) is 3.76. The Morgan fingerprint density at radius 1 is 0.800 bits per heavy atom. The lowest BCUT2D eigenvalue weighted by atomic mass is 10.2. The molecular formula is C12H12N6O2. The zero-order valence-corrected chi connectivity index (χ0v) is 10.3. The van der Waals surface area contributed by atoms with Crippen LogP contribution in [0.15, 0.2) is 36.4 Å². The number of pyridine rings is 2. The van der Waals surface area contributed by atoms with Gasteiger partial charge in [0.25, 0.3) is 11.8 Å². The molecule has 2 aromatic rings. The molecule has 0 saturated carbocycles. The lowest BCUT2D eigenvalue weighted by Crippen LogP contribution is -2.31. The molecule has 6 N–H and O–H groups in total. The van der Waals surface area contributed by atoms with Gasteiger partial charge in [0.05, 0.1) is 11.4 Å². The summed E-state index contributed by atoms with van der Waals surface area (Å²) in [4.78, 5) is 31.1. The number of rotatable bonds is 3. The van der Waals surface area contributed by atoms with Crippen molar-refractivity contribution in [2.45, 2.75) is 0 Å². The summed E-state index contributed by atoms with van der Waals surface area (Å²) in [6.45, 7) is 0. The van der Waals surface area contributed by atoms with E-state index in [1.165, 1.54) is 12.1 Å². The topological polar surface area (TPSA) is 136 Å². The number of nitrogens with zero attached hydrogens (tertiary/aromatic N) is 2. The van der Waals surface area contributed by atoms with Gasteiger partial charge in [0.1, 0.15) is 11.4 Å². The summed E-state index contributed by atoms with van der Waals surface area (Å²) in [6, 6.07) is 9.65. The van der Waals surface area contributed by atoms with Gasteiger partial charge in [-0.2, -0.15) is 0 Å². The third kappa shape index (κ3) is 2.76. The maximum absolute atomic E-state index is 11.4. The maximum atomic E-state index is 11.4. The number of nitrogens with two attached hydrogens (primary N) is 2. The van der Waals surface area contributed by atoms with Crippen LogP contribution in [0.3, 0.4) is 0 Å². The van der Waals surface area contributed by atoms with Gasteiger partial charge in [-0.3, -0.25) is 20.4 Å². The molecule has 0 bridgehead atoms. The van der Waals surface area contributed by atoms with Gasteiger partial charge in [-0.05, 0) is 24.3 Å². The zero-order valence-electron chi connectivity index (χ0n) is 10.3. The minimum absolute atomic E-state index is 0.153. The van der Waals surface area contributed by atoms with Crippen molar-refractivity contribution >= 4 is 11.8 Å². The molecule has 2 heterocycles. The Hall–Kier alpha value is -2.84. The predicted octanol–water partition coefficient (Wildman–Crippen LogP) is -0.649. The van der Waals surface area contributed by atoms with E-state index < -0.39 is 11.8 Å². The normalized spacial score (nSPS) is 9.90. The number of carbonyl (C=O) groups is 2. The van der Waals surface area contributed by atoms with Crippen molar-refractivity contribution in [2.75, 3.05) is 0 Å². The number of carbonyl (C=O) groups excluding carboxylic acids is 2. The number of hydrogen-bond acceptors (Lipinski definition) is 6. The van der Waals surface area contributed by atoms with Crippen molar-refractivity contribution < 1.29 is 9.59 Å². The molecular weight excluding hydrogens is 260 g/mol. The van der Waals surface area contributed by atoms with Crippen LogP contribution in [0.1, 0.15) is 21.0 Å². The fourth-order valence-electron chi connectivity index (χ4n) is 1.56. The Balaban J connectivity index is 2.41. The number of nitrogens with one attached hydrogen (secondary N) is 2. The van der Waals surface area contributed by atoms with Crippen molar-refractivity contribution in [3.63, 3.8) is 0 Å². The molecule has 0 radical (unpaired) electrons. The van der Waals surface area contributed by atoms with Crippen LogP contribution in [-0.2, 0) is 0 Å². The van der Waals surface area contributed by atoms with Crippen molar-refractivity contribution in [1.82, 2.24) is 20.8 Å². The van der Waals surface area contributed by atoms with Crippen LogP contribution in [0.4, 0.5) is 0 Å². The molecule has 0 aliphatic rings. The molecule has 102 valence electrons. The van der Waals surface area contributed by atoms with E-state index in [-0.39, 0.29) is 11.4 Å². The number of amides is 2. The van der Waals surface area contributed by atoms with Gasteiger partial charge in [-0.25, -0.2) is 21.7 Å². The summed E-state index contributed by atoms with van der Waals surface area (Å²) >= 11 is 0. The predicted molar refractivity (Wildman–Crippen MR) is 70.8 cm³/mol. The molecule has 0 saturated heterocycles.